The van der Waals surface area contributed by atoms with Crippen LogP contribution in [0.4, 0.5) is 5.69 Å². The molecular formula is C13H13NO3S. The first-order valence-electron chi connectivity index (χ1n) is 5.35. The summed E-state index contributed by atoms with van der Waals surface area (Å²) < 4.78 is 29.2. The summed E-state index contributed by atoms with van der Waals surface area (Å²) in [7, 11) is -3.85. The summed E-state index contributed by atoms with van der Waals surface area (Å²) in [5.41, 5.74) is 6.58. The number of anilines is 1. The zero-order valence-corrected chi connectivity index (χ0v) is 10.6. The van der Waals surface area contributed by atoms with E-state index in [4.69, 9.17) is 9.92 Å². The van der Waals surface area contributed by atoms with E-state index in [1.807, 2.05) is 0 Å². The molecule has 0 atom stereocenters. The van der Waals surface area contributed by atoms with Crippen LogP contribution in [-0.2, 0) is 10.1 Å². The quantitative estimate of drug-likeness (QED) is 0.681. The molecule has 0 unspecified atom stereocenters. The number of aryl methyl sites for hydroxylation is 1. The SMILES string of the molecule is Cc1ccc(N)cc1S(=O)(=O)Oc1ccccc1. The highest BCUT2D eigenvalue weighted by molar-refractivity contribution is 7.87. The molecule has 2 rings (SSSR count). The average molecular weight is 263 g/mol. The van der Waals surface area contributed by atoms with Crippen LogP contribution in [-0.4, -0.2) is 8.42 Å². The molecule has 0 spiro atoms. The van der Waals surface area contributed by atoms with Gasteiger partial charge in [0.15, 0.2) is 0 Å². The summed E-state index contributed by atoms with van der Waals surface area (Å²) in [6.45, 7) is 1.70. The highest BCUT2D eigenvalue weighted by Crippen LogP contribution is 2.22. The van der Waals surface area contributed by atoms with Crippen molar-refractivity contribution in [2.75, 3.05) is 5.73 Å². The highest BCUT2D eigenvalue weighted by atomic mass is 32.2. The number of benzene rings is 2. The summed E-state index contributed by atoms with van der Waals surface area (Å²) in [5, 5.41) is 0. The molecule has 2 N–H and O–H groups in total. The van der Waals surface area contributed by atoms with E-state index < -0.39 is 10.1 Å². The second kappa shape index (κ2) is 4.70. The zero-order valence-electron chi connectivity index (χ0n) is 9.83. The first-order valence-corrected chi connectivity index (χ1v) is 6.75. The maximum absolute atomic E-state index is 12.1. The molecule has 0 bridgehead atoms. The molecule has 2 aromatic carbocycles. The van der Waals surface area contributed by atoms with Gasteiger partial charge >= 0.3 is 10.1 Å². The molecule has 0 amide bonds. The van der Waals surface area contributed by atoms with Gasteiger partial charge in [0.1, 0.15) is 10.6 Å². The number of nitrogens with two attached hydrogens (primary N) is 1. The minimum atomic E-state index is -3.85. The summed E-state index contributed by atoms with van der Waals surface area (Å²) in [6, 6.07) is 13.1. The van der Waals surface area contributed by atoms with Crippen molar-refractivity contribution >= 4 is 15.8 Å². The molecule has 2 aromatic rings. The van der Waals surface area contributed by atoms with Gasteiger partial charge in [0.05, 0.1) is 0 Å². The van der Waals surface area contributed by atoms with Gasteiger partial charge in [-0.2, -0.15) is 8.42 Å². The third-order valence-electron chi connectivity index (χ3n) is 2.43. The molecule has 0 aromatic heterocycles. The van der Waals surface area contributed by atoms with E-state index in [2.05, 4.69) is 0 Å². The van der Waals surface area contributed by atoms with E-state index in [0.29, 0.717) is 11.3 Å². The average Bonchev–Trinajstić information content (AvgIpc) is 2.33. The van der Waals surface area contributed by atoms with Gasteiger partial charge < -0.3 is 9.92 Å². The van der Waals surface area contributed by atoms with Crippen molar-refractivity contribution < 1.29 is 12.6 Å². The first-order chi connectivity index (χ1) is 8.49. The van der Waals surface area contributed by atoms with Crippen molar-refractivity contribution in [3.63, 3.8) is 0 Å². The van der Waals surface area contributed by atoms with Gasteiger partial charge in [-0.15, -0.1) is 0 Å². The number of rotatable bonds is 3. The van der Waals surface area contributed by atoms with Crippen LogP contribution in [0.25, 0.3) is 0 Å². The second-order valence-electron chi connectivity index (χ2n) is 3.88. The molecular weight excluding hydrogens is 250 g/mol. The van der Waals surface area contributed by atoms with Crippen LogP contribution in [0.2, 0.25) is 0 Å². The normalized spacial score (nSPS) is 11.2. The Morgan fingerprint density at radius 3 is 2.39 bits per heavy atom. The van der Waals surface area contributed by atoms with Crippen molar-refractivity contribution in [1.29, 1.82) is 0 Å². The van der Waals surface area contributed by atoms with Gasteiger partial charge in [-0.05, 0) is 36.8 Å². The third-order valence-corrected chi connectivity index (χ3v) is 3.82. The van der Waals surface area contributed by atoms with Crippen molar-refractivity contribution in [2.24, 2.45) is 0 Å². The van der Waals surface area contributed by atoms with Crippen LogP contribution >= 0.6 is 0 Å². The monoisotopic (exact) mass is 263 g/mol. The van der Waals surface area contributed by atoms with Crippen LogP contribution in [0.5, 0.6) is 5.75 Å². The van der Waals surface area contributed by atoms with Crippen LogP contribution < -0.4 is 9.92 Å². The lowest BCUT2D eigenvalue weighted by Crippen LogP contribution is -2.11. The second-order valence-corrected chi connectivity index (χ2v) is 5.39. The van der Waals surface area contributed by atoms with Crippen LogP contribution in [0, 0.1) is 6.92 Å². The lowest BCUT2D eigenvalue weighted by molar-refractivity contribution is 0.485. The Morgan fingerprint density at radius 1 is 1.06 bits per heavy atom. The maximum atomic E-state index is 12.1. The smallest absolute Gasteiger partial charge is 0.339 e. The Balaban J connectivity index is 2.40. The van der Waals surface area contributed by atoms with Crippen LogP contribution in [0.15, 0.2) is 53.4 Å². The molecule has 0 radical (unpaired) electrons. The minimum Gasteiger partial charge on any atom is -0.399 e. The zero-order chi connectivity index (χ0) is 13.2. The lowest BCUT2D eigenvalue weighted by Gasteiger charge is -2.09. The predicted octanol–water partition coefficient (Wildman–Crippen LogP) is 2.34. The van der Waals surface area contributed by atoms with E-state index in [9.17, 15) is 8.42 Å². The van der Waals surface area contributed by atoms with E-state index >= 15 is 0 Å². The minimum absolute atomic E-state index is 0.0892. The molecule has 0 saturated heterocycles. The van der Waals surface area contributed by atoms with E-state index in [0.717, 1.165) is 0 Å². The Bertz CT molecular complexity index is 651. The van der Waals surface area contributed by atoms with E-state index in [-0.39, 0.29) is 10.6 Å². The summed E-state index contributed by atoms with van der Waals surface area (Å²) in [4.78, 5) is 0.0892. The molecule has 18 heavy (non-hydrogen) atoms. The topological polar surface area (TPSA) is 69.4 Å². The van der Waals surface area contributed by atoms with Gasteiger partial charge in [0.2, 0.25) is 0 Å². The van der Waals surface area contributed by atoms with Gasteiger partial charge in [-0.3, -0.25) is 0 Å². The van der Waals surface area contributed by atoms with Gasteiger partial charge in [0.25, 0.3) is 0 Å². The third kappa shape index (κ3) is 2.62. The molecule has 94 valence electrons. The highest BCUT2D eigenvalue weighted by Gasteiger charge is 2.19. The standard InChI is InChI=1S/C13H13NO3S/c1-10-7-8-11(14)9-13(10)18(15,16)17-12-5-3-2-4-6-12/h2-9H,14H2,1H3. The molecule has 0 aliphatic rings. The fourth-order valence-electron chi connectivity index (χ4n) is 1.53. The summed E-state index contributed by atoms with van der Waals surface area (Å²) in [6.07, 6.45) is 0. The maximum Gasteiger partial charge on any atom is 0.339 e. The Morgan fingerprint density at radius 2 is 1.72 bits per heavy atom. The van der Waals surface area contributed by atoms with Crippen molar-refractivity contribution in [3.05, 3.63) is 54.1 Å². The fraction of sp³-hybridized carbons (Fsp3) is 0.0769. The van der Waals surface area contributed by atoms with Gasteiger partial charge in [-0.1, -0.05) is 24.3 Å². The number of para-hydroxylation sites is 1. The lowest BCUT2D eigenvalue weighted by atomic mass is 10.2. The summed E-state index contributed by atoms with van der Waals surface area (Å²) in [5.74, 6) is 0.277. The van der Waals surface area contributed by atoms with Crippen LogP contribution in [0.1, 0.15) is 5.56 Å². The molecule has 4 nitrogen and oxygen atoms in total. The van der Waals surface area contributed by atoms with Crippen molar-refractivity contribution in [2.45, 2.75) is 11.8 Å². The Hall–Kier alpha value is -2.01. The van der Waals surface area contributed by atoms with Crippen molar-refractivity contribution in [3.8, 4) is 5.75 Å². The molecule has 0 saturated carbocycles. The molecule has 0 aliphatic heterocycles. The number of nitrogen functional groups attached to an aromatic ring is 1. The summed E-state index contributed by atoms with van der Waals surface area (Å²) >= 11 is 0. The molecule has 5 heteroatoms. The molecule has 0 fully saturated rings. The Kier molecular flexibility index (Phi) is 3.25. The van der Waals surface area contributed by atoms with Gasteiger partial charge in [0, 0.05) is 5.69 Å². The number of hydrogen-bond acceptors (Lipinski definition) is 4. The Labute approximate surface area is 106 Å². The first kappa shape index (κ1) is 12.4. The molecule has 0 aliphatic carbocycles. The largest absolute Gasteiger partial charge is 0.399 e. The fourth-order valence-corrected chi connectivity index (χ4v) is 2.73. The predicted molar refractivity (Wildman–Crippen MR) is 69.8 cm³/mol. The van der Waals surface area contributed by atoms with Gasteiger partial charge in [-0.25, -0.2) is 0 Å². The van der Waals surface area contributed by atoms with E-state index in [1.54, 1.807) is 49.4 Å². The van der Waals surface area contributed by atoms with E-state index in [1.165, 1.54) is 6.07 Å². The molecule has 0 heterocycles. The van der Waals surface area contributed by atoms with Crippen LogP contribution in [0.3, 0.4) is 0 Å². The number of hydrogen-bond donors (Lipinski definition) is 1. The van der Waals surface area contributed by atoms with Crippen molar-refractivity contribution in [1.82, 2.24) is 0 Å².